The van der Waals surface area contributed by atoms with Crippen LogP contribution in [0.2, 0.25) is 0 Å². The standard InChI is InChI=1S/C13H18F3NO2.ClH/c1-12(2,3)19-8-4-5-11(18)9(6-8)10(17)7-13(14,15)16;/h4-6,10,18H,7,17H2,1-3H3;1H/t10-;/m1./s1. The maximum Gasteiger partial charge on any atom is 0.390 e. The van der Waals surface area contributed by atoms with E-state index in [1.54, 1.807) is 0 Å². The lowest BCUT2D eigenvalue weighted by molar-refractivity contribution is -0.138. The van der Waals surface area contributed by atoms with Crippen LogP contribution in [0.5, 0.6) is 11.5 Å². The highest BCUT2D eigenvalue weighted by Gasteiger charge is 2.32. The molecule has 0 saturated heterocycles. The molecule has 0 amide bonds. The third-order valence-corrected chi connectivity index (χ3v) is 2.27. The Morgan fingerprint density at radius 2 is 1.80 bits per heavy atom. The topological polar surface area (TPSA) is 55.5 Å². The molecule has 0 spiro atoms. The number of hydrogen-bond donors (Lipinski definition) is 2. The van der Waals surface area contributed by atoms with E-state index in [1.165, 1.54) is 18.2 Å². The zero-order valence-corrected chi connectivity index (χ0v) is 12.3. The van der Waals surface area contributed by atoms with E-state index in [2.05, 4.69) is 0 Å². The minimum atomic E-state index is -4.38. The van der Waals surface area contributed by atoms with Crippen LogP contribution in [0.3, 0.4) is 0 Å². The molecule has 0 fully saturated rings. The Hall–Kier alpha value is -1.14. The molecule has 1 rings (SSSR count). The molecule has 0 aliphatic heterocycles. The number of alkyl halides is 3. The molecular weight excluding hydrogens is 295 g/mol. The number of nitrogens with two attached hydrogens (primary N) is 1. The molecule has 1 aromatic rings. The van der Waals surface area contributed by atoms with E-state index in [0.29, 0.717) is 5.75 Å². The maximum atomic E-state index is 12.3. The summed E-state index contributed by atoms with van der Waals surface area (Å²) in [6.07, 6.45) is -5.58. The van der Waals surface area contributed by atoms with Gasteiger partial charge in [-0.15, -0.1) is 12.4 Å². The Balaban J connectivity index is 0.00000361. The van der Waals surface area contributed by atoms with Gasteiger partial charge in [-0.1, -0.05) is 0 Å². The highest BCUT2D eigenvalue weighted by Crippen LogP contribution is 2.34. The van der Waals surface area contributed by atoms with Crippen LogP contribution in [0.1, 0.15) is 38.8 Å². The van der Waals surface area contributed by atoms with Crippen molar-refractivity contribution in [2.45, 2.75) is 45.0 Å². The van der Waals surface area contributed by atoms with Crippen LogP contribution in [0.25, 0.3) is 0 Å². The van der Waals surface area contributed by atoms with Crippen LogP contribution in [-0.2, 0) is 0 Å². The summed E-state index contributed by atoms with van der Waals surface area (Å²) >= 11 is 0. The van der Waals surface area contributed by atoms with Gasteiger partial charge in [0.25, 0.3) is 0 Å². The van der Waals surface area contributed by atoms with Crippen molar-refractivity contribution in [3.63, 3.8) is 0 Å². The molecule has 0 heterocycles. The summed E-state index contributed by atoms with van der Waals surface area (Å²) in [6.45, 7) is 5.44. The fourth-order valence-corrected chi connectivity index (χ4v) is 1.61. The second-order valence-electron chi connectivity index (χ2n) is 5.36. The summed E-state index contributed by atoms with van der Waals surface area (Å²) in [5.41, 5.74) is 5.02. The summed E-state index contributed by atoms with van der Waals surface area (Å²) in [4.78, 5) is 0. The van der Waals surface area contributed by atoms with Gasteiger partial charge in [-0.25, -0.2) is 0 Å². The molecule has 0 saturated carbocycles. The van der Waals surface area contributed by atoms with Gasteiger partial charge in [0.15, 0.2) is 0 Å². The molecule has 7 heteroatoms. The molecule has 0 bridgehead atoms. The summed E-state index contributed by atoms with van der Waals surface area (Å²) in [5, 5.41) is 9.60. The number of ether oxygens (including phenoxy) is 1. The molecule has 116 valence electrons. The first kappa shape index (κ1) is 18.9. The predicted molar refractivity (Wildman–Crippen MR) is 73.3 cm³/mol. The van der Waals surface area contributed by atoms with Crippen LogP contribution in [0, 0.1) is 0 Å². The number of phenols is 1. The first-order valence-electron chi connectivity index (χ1n) is 5.82. The zero-order valence-electron chi connectivity index (χ0n) is 11.5. The van der Waals surface area contributed by atoms with Crippen LogP contribution in [-0.4, -0.2) is 16.9 Å². The molecule has 0 unspecified atom stereocenters. The Morgan fingerprint density at radius 1 is 1.25 bits per heavy atom. The van der Waals surface area contributed by atoms with Crippen LogP contribution in [0.4, 0.5) is 13.2 Å². The molecule has 20 heavy (non-hydrogen) atoms. The van der Waals surface area contributed by atoms with E-state index < -0.39 is 24.2 Å². The molecule has 3 nitrogen and oxygen atoms in total. The molecule has 0 aliphatic carbocycles. The lowest BCUT2D eigenvalue weighted by Gasteiger charge is -2.23. The second kappa shape index (κ2) is 6.54. The van der Waals surface area contributed by atoms with Gasteiger partial charge in [0.2, 0.25) is 0 Å². The third kappa shape index (κ3) is 6.34. The van der Waals surface area contributed by atoms with Gasteiger partial charge < -0.3 is 15.6 Å². The Labute approximate surface area is 122 Å². The van der Waals surface area contributed by atoms with Crippen LogP contribution in [0.15, 0.2) is 18.2 Å². The van der Waals surface area contributed by atoms with Crippen molar-refractivity contribution in [2.75, 3.05) is 0 Å². The van der Waals surface area contributed by atoms with E-state index in [4.69, 9.17) is 10.5 Å². The van der Waals surface area contributed by atoms with Gasteiger partial charge in [-0.3, -0.25) is 0 Å². The van der Waals surface area contributed by atoms with E-state index >= 15 is 0 Å². The minimum absolute atomic E-state index is 0. The molecule has 0 radical (unpaired) electrons. The molecular formula is C13H19ClF3NO2. The van der Waals surface area contributed by atoms with Crippen molar-refractivity contribution in [3.05, 3.63) is 23.8 Å². The van der Waals surface area contributed by atoms with E-state index in [1.807, 2.05) is 20.8 Å². The van der Waals surface area contributed by atoms with Crippen molar-refractivity contribution in [3.8, 4) is 11.5 Å². The Morgan fingerprint density at radius 3 is 2.25 bits per heavy atom. The second-order valence-corrected chi connectivity index (χ2v) is 5.36. The summed E-state index contributed by atoms with van der Waals surface area (Å²) < 4.78 is 42.4. The smallest absolute Gasteiger partial charge is 0.390 e. The van der Waals surface area contributed by atoms with Crippen molar-refractivity contribution in [2.24, 2.45) is 5.73 Å². The van der Waals surface area contributed by atoms with Gasteiger partial charge in [-0.05, 0) is 39.0 Å². The number of phenolic OH excluding ortho intramolecular Hbond substituents is 1. The Bertz CT molecular complexity index is 444. The summed E-state index contributed by atoms with van der Waals surface area (Å²) in [7, 11) is 0. The first-order chi connectivity index (χ1) is 8.48. The fourth-order valence-electron chi connectivity index (χ4n) is 1.61. The Kier molecular flexibility index (Phi) is 6.17. The van der Waals surface area contributed by atoms with E-state index in [0.717, 1.165) is 0 Å². The predicted octanol–water partition coefficient (Wildman–Crippen LogP) is 3.94. The zero-order chi connectivity index (χ0) is 14.8. The highest BCUT2D eigenvalue weighted by molar-refractivity contribution is 5.85. The number of halogens is 4. The monoisotopic (exact) mass is 313 g/mol. The highest BCUT2D eigenvalue weighted by atomic mass is 35.5. The van der Waals surface area contributed by atoms with Crippen molar-refractivity contribution >= 4 is 12.4 Å². The van der Waals surface area contributed by atoms with Crippen molar-refractivity contribution in [1.82, 2.24) is 0 Å². The average molecular weight is 314 g/mol. The third-order valence-electron chi connectivity index (χ3n) is 2.27. The van der Waals surface area contributed by atoms with Gasteiger partial charge in [-0.2, -0.15) is 13.2 Å². The number of aromatic hydroxyl groups is 1. The first-order valence-corrected chi connectivity index (χ1v) is 5.82. The molecule has 1 aromatic carbocycles. The number of benzene rings is 1. The average Bonchev–Trinajstić information content (AvgIpc) is 2.16. The number of hydrogen-bond acceptors (Lipinski definition) is 3. The largest absolute Gasteiger partial charge is 0.508 e. The van der Waals surface area contributed by atoms with Crippen LogP contribution < -0.4 is 10.5 Å². The van der Waals surface area contributed by atoms with Gasteiger partial charge in [0.05, 0.1) is 6.42 Å². The maximum absolute atomic E-state index is 12.3. The van der Waals surface area contributed by atoms with E-state index in [-0.39, 0.29) is 23.7 Å². The van der Waals surface area contributed by atoms with Crippen molar-refractivity contribution < 1.29 is 23.0 Å². The van der Waals surface area contributed by atoms with E-state index in [9.17, 15) is 18.3 Å². The molecule has 3 N–H and O–H groups in total. The van der Waals surface area contributed by atoms with Gasteiger partial charge in [0, 0.05) is 11.6 Å². The van der Waals surface area contributed by atoms with Gasteiger partial charge >= 0.3 is 6.18 Å². The minimum Gasteiger partial charge on any atom is -0.508 e. The number of rotatable bonds is 3. The summed E-state index contributed by atoms with van der Waals surface area (Å²) in [6, 6.07) is 2.80. The normalized spacial score (nSPS) is 13.6. The van der Waals surface area contributed by atoms with Gasteiger partial charge in [0.1, 0.15) is 17.1 Å². The lowest BCUT2D eigenvalue weighted by atomic mass is 10.0. The molecule has 1 atom stereocenters. The fraction of sp³-hybridized carbons (Fsp3) is 0.538. The molecule has 0 aliphatic rings. The summed E-state index contributed by atoms with van der Waals surface area (Å²) in [5.74, 6) is 0.107. The van der Waals surface area contributed by atoms with Crippen molar-refractivity contribution in [1.29, 1.82) is 0 Å². The lowest BCUT2D eigenvalue weighted by Crippen LogP contribution is -2.23. The molecule has 0 aromatic heterocycles. The van der Waals surface area contributed by atoms with Crippen LogP contribution >= 0.6 is 12.4 Å². The quantitative estimate of drug-likeness (QED) is 0.888. The SMILES string of the molecule is CC(C)(C)Oc1ccc(O)c([C@H](N)CC(F)(F)F)c1.Cl.